The average molecular weight is 286 g/mol. The number of aromatic nitrogens is 2. The highest BCUT2D eigenvalue weighted by atomic mass is 79.9. The molecule has 0 fully saturated rings. The number of nitrogens with zero attached hydrogens (tertiary/aromatic N) is 2. The van der Waals surface area contributed by atoms with Crippen LogP contribution in [-0.2, 0) is 5.33 Å². The maximum Gasteiger partial charge on any atom is 0.0652 e. The molecule has 1 aromatic carbocycles. The lowest BCUT2D eigenvalue weighted by Crippen LogP contribution is -2.00. The molecule has 1 aromatic heterocycles. The molecule has 0 atom stereocenters. The van der Waals surface area contributed by atoms with Crippen LogP contribution in [0.5, 0.6) is 0 Å². The van der Waals surface area contributed by atoms with Crippen LogP contribution in [0, 0.1) is 6.92 Å². The SMILES string of the molecule is Cc1cc(-n2nccc2CBr)ccc1Cl. The van der Waals surface area contributed by atoms with Gasteiger partial charge in [-0.05, 0) is 36.8 Å². The molecule has 0 saturated heterocycles. The Morgan fingerprint density at radius 2 is 2.20 bits per heavy atom. The Morgan fingerprint density at radius 1 is 1.40 bits per heavy atom. The van der Waals surface area contributed by atoms with E-state index in [2.05, 4.69) is 21.0 Å². The summed E-state index contributed by atoms with van der Waals surface area (Å²) in [5, 5.41) is 5.84. The monoisotopic (exact) mass is 284 g/mol. The first kappa shape index (κ1) is 10.7. The zero-order valence-corrected chi connectivity index (χ0v) is 10.6. The molecular weight excluding hydrogens is 275 g/mol. The minimum absolute atomic E-state index is 0.784. The molecule has 0 aliphatic carbocycles. The molecule has 15 heavy (non-hydrogen) atoms. The van der Waals surface area contributed by atoms with Crippen LogP contribution in [0.2, 0.25) is 5.02 Å². The second-order valence-corrected chi connectivity index (χ2v) is 4.27. The molecular formula is C11H10BrClN2. The van der Waals surface area contributed by atoms with Crippen LogP contribution in [0.3, 0.4) is 0 Å². The van der Waals surface area contributed by atoms with Gasteiger partial charge in [0.25, 0.3) is 0 Å². The molecule has 2 aromatic rings. The lowest BCUT2D eigenvalue weighted by atomic mass is 10.2. The Balaban J connectivity index is 2.50. The Hall–Kier alpha value is -0.800. The van der Waals surface area contributed by atoms with E-state index in [0.29, 0.717) is 0 Å². The second kappa shape index (κ2) is 4.37. The van der Waals surface area contributed by atoms with Crippen LogP contribution in [0.1, 0.15) is 11.3 Å². The van der Waals surface area contributed by atoms with Crippen LogP contribution >= 0.6 is 27.5 Å². The topological polar surface area (TPSA) is 17.8 Å². The van der Waals surface area contributed by atoms with Crippen molar-refractivity contribution in [3.8, 4) is 5.69 Å². The fourth-order valence-corrected chi connectivity index (χ4v) is 1.97. The van der Waals surface area contributed by atoms with E-state index < -0.39 is 0 Å². The zero-order valence-electron chi connectivity index (χ0n) is 8.24. The van der Waals surface area contributed by atoms with Crippen LogP contribution in [0.15, 0.2) is 30.5 Å². The summed E-state index contributed by atoms with van der Waals surface area (Å²) >= 11 is 9.41. The Bertz CT molecular complexity index is 479. The van der Waals surface area contributed by atoms with Crippen LogP contribution in [0.25, 0.3) is 5.69 Å². The number of halogens is 2. The first-order valence-corrected chi connectivity index (χ1v) is 6.07. The number of benzene rings is 1. The molecule has 0 saturated carbocycles. The van der Waals surface area contributed by atoms with Gasteiger partial charge in [-0.3, -0.25) is 0 Å². The normalized spacial score (nSPS) is 10.6. The molecule has 0 spiro atoms. The van der Waals surface area contributed by atoms with Crippen molar-refractivity contribution in [3.63, 3.8) is 0 Å². The predicted molar refractivity (Wildman–Crippen MR) is 65.9 cm³/mol. The molecule has 0 aliphatic heterocycles. The molecule has 78 valence electrons. The average Bonchev–Trinajstić information content (AvgIpc) is 2.70. The van der Waals surface area contributed by atoms with Gasteiger partial charge in [-0.2, -0.15) is 5.10 Å². The van der Waals surface area contributed by atoms with Gasteiger partial charge in [0.1, 0.15) is 0 Å². The Labute approximate surface area is 102 Å². The summed E-state index contributed by atoms with van der Waals surface area (Å²) in [6.45, 7) is 1.99. The Morgan fingerprint density at radius 3 is 2.87 bits per heavy atom. The minimum atomic E-state index is 0.784. The van der Waals surface area contributed by atoms with Gasteiger partial charge < -0.3 is 0 Å². The fraction of sp³-hybridized carbons (Fsp3) is 0.182. The first-order valence-electron chi connectivity index (χ1n) is 4.58. The molecule has 0 amide bonds. The summed E-state index contributed by atoms with van der Waals surface area (Å²) in [6.07, 6.45) is 1.79. The third-order valence-electron chi connectivity index (χ3n) is 2.24. The van der Waals surface area contributed by atoms with E-state index >= 15 is 0 Å². The zero-order chi connectivity index (χ0) is 10.8. The highest BCUT2D eigenvalue weighted by Gasteiger charge is 2.04. The van der Waals surface area contributed by atoms with E-state index in [0.717, 1.165) is 27.3 Å². The van der Waals surface area contributed by atoms with Crippen molar-refractivity contribution in [3.05, 3.63) is 46.7 Å². The van der Waals surface area contributed by atoms with Crippen LogP contribution in [-0.4, -0.2) is 9.78 Å². The number of hydrogen-bond acceptors (Lipinski definition) is 1. The maximum atomic E-state index is 5.98. The fourth-order valence-electron chi connectivity index (χ4n) is 1.43. The van der Waals surface area contributed by atoms with E-state index in [4.69, 9.17) is 11.6 Å². The van der Waals surface area contributed by atoms with Gasteiger partial charge in [-0.25, -0.2) is 4.68 Å². The second-order valence-electron chi connectivity index (χ2n) is 3.30. The summed E-state index contributed by atoms with van der Waals surface area (Å²) in [5.74, 6) is 0. The quantitative estimate of drug-likeness (QED) is 0.769. The summed E-state index contributed by atoms with van der Waals surface area (Å²) in [7, 11) is 0. The Kier molecular flexibility index (Phi) is 3.12. The van der Waals surface area contributed by atoms with Crippen molar-refractivity contribution in [2.24, 2.45) is 0 Å². The van der Waals surface area contributed by atoms with Gasteiger partial charge in [0.15, 0.2) is 0 Å². The molecule has 0 bridgehead atoms. The highest BCUT2D eigenvalue weighted by molar-refractivity contribution is 9.08. The van der Waals surface area contributed by atoms with Crippen molar-refractivity contribution >= 4 is 27.5 Å². The number of hydrogen-bond donors (Lipinski definition) is 0. The molecule has 0 unspecified atom stereocenters. The van der Waals surface area contributed by atoms with Gasteiger partial charge in [0, 0.05) is 16.5 Å². The van der Waals surface area contributed by atoms with E-state index in [9.17, 15) is 0 Å². The standard InChI is InChI=1S/C11H10BrClN2/c1-8-6-9(2-3-11(8)13)15-10(7-12)4-5-14-15/h2-6H,7H2,1H3. The molecule has 0 aliphatic rings. The molecule has 1 heterocycles. The first-order chi connectivity index (χ1) is 7.22. The number of alkyl halides is 1. The van der Waals surface area contributed by atoms with Crippen molar-refractivity contribution in [2.75, 3.05) is 0 Å². The van der Waals surface area contributed by atoms with Gasteiger partial charge >= 0.3 is 0 Å². The molecule has 0 radical (unpaired) electrons. The van der Waals surface area contributed by atoms with Gasteiger partial charge in [0.05, 0.1) is 11.4 Å². The smallest absolute Gasteiger partial charge is 0.0652 e. The van der Waals surface area contributed by atoms with E-state index in [1.807, 2.05) is 35.9 Å². The summed E-state index contributed by atoms with van der Waals surface area (Å²) in [6, 6.07) is 7.88. The van der Waals surface area contributed by atoms with Crippen molar-refractivity contribution in [2.45, 2.75) is 12.3 Å². The summed E-state index contributed by atoms with van der Waals surface area (Å²) in [5.41, 5.74) is 3.22. The molecule has 0 N–H and O–H groups in total. The van der Waals surface area contributed by atoms with E-state index in [-0.39, 0.29) is 0 Å². The largest absolute Gasteiger partial charge is 0.237 e. The van der Waals surface area contributed by atoms with Crippen LogP contribution < -0.4 is 0 Å². The maximum absolute atomic E-state index is 5.98. The highest BCUT2D eigenvalue weighted by Crippen LogP contribution is 2.20. The summed E-state index contributed by atoms with van der Waals surface area (Å²) in [4.78, 5) is 0. The lowest BCUT2D eigenvalue weighted by Gasteiger charge is -2.07. The van der Waals surface area contributed by atoms with Gasteiger partial charge in [-0.15, -0.1) is 0 Å². The molecule has 2 nitrogen and oxygen atoms in total. The third-order valence-corrected chi connectivity index (χ3v) is 3.24. The number of rotatable bonds is 2. The van der Waals surface area contributed by atoms with E-state index in [1.54, 1.807) is 6.20 Å². The van der Waals surface area contributed by atoms with Crippen molar-refractivity contribution < 1.29 is 0 Å². The van der Waals surface area contributed by atoms with Crippen molar-refractivity contribution in [1.29, 1.82) is 0 Å². The van der Waals surface area contributed by atoms with Crippen molar-refractivity contribution in [1.82, 2.24) is 9.78 Å². The van der Waals surface area contributed by atoms with Gasteiger partial charge in [0.2, 0.25) is 0 Å². The molecule has 2 rings (SSSR count). The van der Waals surface area contributed by atoms with Crippen LogP contribution in [0.4, 0.5) is 0 Å². The van der Waals surface area contributed by atoms with E-state index in [1.165, 1.54) is 0 Å². The molecule has 4 heteroatoms. The summed E-state index contributed by atoms with van der Waals surface area (Å²) < 4.78 is 1.90. The lowest BCUT2D eigenvalue weighted by molar-refractivity contribution is 0.842. The predicted octanol–water partition coefficient (Wildman–Crippen LogP) is 3.73. The van der Waals surface area contributed by atoms with Gasteiger partial charge in [-0.1, -0.05) is 27.5 Å². The number of aryl methyl sites for hydroxylation is 1. The minimum Gasteiger partial charge on any atom is -0.237 e. The third kappa shape index (κ3) is 2.08.